The van der Waals surface area contributed by atoms with Crippen LogP contribution in [-0.2, 0) is 13.0 Å². The fourth-order valence-corrected chi connectivity index (χ4v) is 4.30. The van der Waals surface area contributed by atoms with Crippen LogP contribution in [0, 0.1) is 3.57 Å². The normalized spacial score (nSPS) is 13.3. The Morgan fingerprint density at radius 2 is 2.08 bits per heavy atom. The third-order valence-electron chi connectivity index (χ3n) is 4.50. The second-order valence-corrected chi connectivity index (χ2v) is 7.95. The second-order valence-electron chi connectivity index (χ2n) is 6.35. The first-order valence-corrected chi connectivity index (χ1v) is 9.99. The van der Waals surface area contributed by atoms with Gasteiger partial charge in [0.05, 0.1) is 11.3 Å². The molecule has 1 aliphatic heterocycles. The van der Waals surface area contributed by atoms with Crippen LogP contribution in [0.25, 0.3) is 11.3 Å². The average molecular weight is 478 g/mol. The van der Waals surface area contributed by atoms with Gasteiger partial charge in [-0.2, -0.15) is 0 Å². The Labute approximate surface area is 170 Å². The SMILES string of the molecule is O=C(Nc1cccc(-c2cn3c(n2)CCCC3)c1)c1ccc(Cl)cc1I. The van der Waals surface area contributed by atoms with Crippen LogP contribution < -0.4 is 5.32 Å². The summed E-state index contributed by atoms with van der Waals surface area (Å²) in [6.45, 7) is 1.04. The Balaban J connectivity index is 1.58. The summed E-state index contributed by atoms with van der Waals surface area (Å²) >= 11 is 8.09. The van der Waals surface area contributed by atoms with Crippen molar-refractivity contribution in [2.24, 2.45) is 0 Å². The van der Waals surface area contributed by atoms with E-state index in [1.807, 2.05) is 24.3 Å². The zero-order valence-electron chi connectivity index (χ0n) is 14.0. The summed E-state index contributed by atoms with van der Waals surface area (Å²) in [7, 11) is 0. The fraction of sp³-hybridized carbons (Fsp3) is 0.200. The molecule has 132 valence electrons. The number of hydrogen-bond acceptors (Lipinski definition) is 2. The number of carbonyl (C=O) groups is 1. The van der Waals surface area contributed by atoms with E-state index < -0.39 is 0 Å². The van der Waals surface area contributed by atoms with Crippen molar-refractivity contribution in [3.05, 3.63) is 68.6 Å². The Hall–Kier alpha value is -1.86. The molecule has 4 rings (SSSR count). The average Bonchev–Trinajstić information content (AvgIpc) is 3.06. The van der Waals surface area contributed by atoms with E-state index in [1.165, 1.54) is 12.8 Å². The minimum atomic E-state index is -0.146. The van der Waals surface area contributed by atoms with E-state index in [-0.39, 0.29) is 5.91 Å². The van der Waals surface area contributed by atoms with E-state index in [4.69, 9.17) is 16.6 Å². The van der Waals surface area contributed by atoms with Gasteiger partial charge in [-0.05, 0) is 65.8 Å². The number of rotatable bonds is 3. The number of anilines is 1. The number of nitrogens with zero attached hydrogens (tertiary/aromatic N) is 2. The van der Waals surface area contributed by atoms with Gasteiger partial charge in [0.25, 0.3) is 5.91 Å². The molecule has 3 aromatic rings. The zero-order valence-corrected chi connectivity index (χ0v) is 16.9. The summed E-state index contributed by atoms with van der Waals surface area (Å²) in [6, 6.07) is 13.1. The van der Waals surface area contributed by atoms with Gasteiger partial charge in [-0.3, -0.25) is 4.79 Å². The summed E-state index contributed by atoms with van der Waals surface area (Å²) in [5.74, 6) is 1.00. The monoisotopic (exact) mass is 477 g/mol. The van der Waals surface area contributed by atoms with Crippen LogP contribution in [0.15, 0.2) is 48.7 Å². The molecule has 0 bridgehead atoms. The Bertz CT molecular complexity index is 959. The van der Waals surface area contributed by atoms with Crippen molar-refractivity contribution in [2.45, 2.75) is 25.8 Å². The predicted octanol–water partition coefficient (Wildman–Crippen LogP) is 5.40. The van der Waals surface area contributed by atoms with Crippen molar-refractivity contribution in [2.75, 3.05) is 5.32 Å². The van der Waals surface area contributed by atoms with Crippen molar-refractivity contribution < 1.29 is 4.79 Å². The molecule has 26 heavy (non-hydrogen) atoms. The summed E-state index contributed by atoms with van der Waals surface area (Å²) in [6.07, 6.45) is 5.55. The van der Waals surface area contributed by atoms with Crippen molar-refractivity contribution in [1.29, 1.82) is 0 Å². The van der Waals surface area contributed by atoms with Crippen LogP contribution in [0.1, 0.15) is 29.0 Å². The largest absolute Gasteiger partial charge is 0.334 e. The lowest BCUT2D eigenvalue weighted by atomic mass is 10.1. The smallest absolute Gasteiger partial charge is 0.256 e. The van der Waals surface area contributed by atoms with Crippen LogP contribution in [-0.4, -0.2) is 15.5 Å². The topological polar surface area (TPSA) is 46.9 Å². The molecular formula is C20H17ClIN3O. The van der Waals surface area contributed by atoms with Gasteiger partial charge in [0, 0.05) is 39.0 Å². The first-order chi connectivity index (χ1) is 12.6. The molecule has 0 saturated carbocycles. The maximum absolute atomic E-state index is 12.6. The minimum Gasteiger partial charge on any atom is -0.334 e. The first-order valence-electron chi connectivity index (χ1n) is 8.53. The zero-order chi connectivity index (χ0) is 18.1. The highest BCUT2D eigenvalue weighted by Crippen LogP contribution is 2.25. The molecule has 1 aromatic heterocycles. The maximum atomic E-state index is 12.6. The Morgan fingerprint density at radius 3 is 2.88 bits per heavy atom. The van der Waals surface area contributed by atoms with Gasteiger partial charge in [0.1, 0.15) is 5.82 Å². The molecule has 0 atom stereocenters. The van der Waals surface area contributed by atoms with Crippen molar-refractivity contribution >= 4 is 45.8 Å². The lowest BCUT2D eigenvalue weighted by Gasteiger charge is -2.11. The molecule has 2 aromatic carbocycles. The highest BCUT2D eigenvalue weighted by atomic mass is 127. The van der Waals surface area contributed by atoms with E-state index in [1.54, 1.807) is 18.2 Å². The van der Waals surface area contributed by atoms with E-state index >= 15 is 0 Å². The third kappa shape index (κ3) is 3.64. The highest BCUT2D eigenvalue weighted by molar-refractivity contribution is 14.1. The van der Waals surface area contributed by atoms with E-state index in [2.05, 4.69) is 38.7 Å². The summed E-state index contributed by atoms with van der Waals surface area (Å²) in [5, 5.41) is 3.59. The standard InChI is InChI=1S/C20H17ClIN3O/c21-14-7-8-16(17(22)11-14)20(26)23-15-5-3-4-13(10-15)18-12-25-9-2-1-6-19(25)24-18/h3-5,7-8,10-12H,1-2,6,9H2,(H,23,26). The summed E-state index contributed by atoms with van der Waals surface area (Å²) < 4.78 is 3.06. The van der Waals surface area contributed by atoms with Crippen molar-refractivity contribution in [1.82, 2.24) is 9.55 Å². The van der Waals surface area contributed by atoms with Crippen LogP contribution >= 0.6 is 34.2 Å². The number of fused-ring (bicyclic) bond motifs is 1. The molecular weight excluding hydrogens is 461 g/mol. The molecule has 0 aliphatic carbocycles. The number of aromatic nitrogens is 2. The van der Waals surface area contributed by atoms with Gasteiger partial charge in [-0.1, -0.05) is 23.7 Å². The number of benzene rings is 2. The van der Waals surface area contributed by atoms with Gasteiger partial charge in [0.2, 0.25) is 0 Å². The van der Waals surface area contributed by atoms with Gasteiger partial charge in [-0.25, -0.2) is 4.98 Å². The van der Waals surface area contributed by atoms with Crippen LogP contribution in [0.3, 0.4) is 0 Å². The maximum Gasteiger partial charge on any atom is 0.256 e. The number of amides is 1. The van der Waals surface area contributed by atoms with Gasteiger partial charge in [-0.15, -0.1) is 0 Å². The molecule has 4 nitrogen and oxygen atoms in total. The molecule has 0 radical (unpaired) electrons. The van der Waals surface area contributed by atoms with Crippen LogP contribution in [0.2, 0.25) is 5.02 Å². The number of aryl methyl sites for hydroxylation is 2. The number of nitrogens with one attached hydrogen (secondary N) is 1. The minimum absolute atomic E-state index is 0.146. The fourth-order valence-electron chi connectivity index (χ4n) is 3.18. The predicted molar refractivity (Wildman–Crippen MR) is 113 cm³/mol. The Kier molecular flexibility index (Phi) is 5.00. The van der Waals surface area contributed by atoms with Crippen molar-refractivity contribution in [3.8, 4) is 11.3 Å². The molecule has 0 saturated heterocycles. The lowest BCUT2D eigenvalue weighted by Crippen LogP contribution is -2.13. The van der Waals surface area contributed by atoms with E-state index in [0.717, 1.165) is 39.3 Å². The van der Waals surface area contributed by atoms with Crippen LogP contribution in [0.5, 0.6) is 0 Å². The molecule has 1 N–H and O–H groups in total. The van der Waals surface area contributed by atoms with Gasteiger partial charge in [0.15, 0.2) is 0 Å². The molecule has 0 unspecified atom stereocenters. The third-order valence-corrected chi connectivity index (χ3v) is 5.63. The summed E-state index contributed by atoms with van der Waals surface area (Å²) in [4.78, 5) is 17.3. The molecule has 2 heterocycles. The quantitative estimate of drug-likeness (QED) is 0.514. The number of halogens is 2. The van der Waals surface area contributed by atoms with Crippen molar-refractivity contribution in [3.63, 3.8) is 0 Å². The van der Waals surface area contributed by atoms with Crippen LogP contribution in [0.4, 0.5) is 5.69 Å². The van der Waals surface area contributed by atoms with E-state index in [9.17, 15) is 4.79 Å². The molecule has 0 fully saturated rings. The van der Waals surface area contributed by atoms with Gasteiger partial charge >= 0.3 is 0 Å². The molecule has 6 heteroatoms. The number of carbonyl (C=O) groups excluding carboxylic acids is 1. The molecule has 0 spiro atoms. The van der Waals surface area contributed by atoms with E-state index in [0.29, 0.717) is 10.6 Å². The van der Waals surface area contributed by atoms with Gasteiger partial charge < -0.3 is 9.88 Å². The lowest BCUT2D eigenvalue weighted by molar-refractivity contribution is 0.102. The molecule has 1 amide bonds. The summed E-state index contributed by atoms with van der Waals surface area (Å²) in [5.41, 5.74) is 3.33. The number of imidazole rings is 1. The highest BCUT2D eigenvalue weighted by Gasteiger charge is 2.14. The molecule has 1 aliphatic rings. The first kappa shape index (κ1) is 17.5. The number of hydrogen-bond donors (Lipinski definition) is 1. The second kappa shape index (κ2) is 7.40. The Morgan fingerprint density at radius 1 is 1.19 bits per heavy atom.